The summed E-state index contributed by atoms with van der Waals surface area (Å²) in [6, 6.07) is 1.18. The number of nitrogens with one attached hydrogen (secondary N) is 1. The van der Waals surface area contributed by atoms with Gasteiger partial charge in [0, 0.05) is 0 Å². The van der Waals surface area contributed by atoms with Gasteiger partial charge in [0.05, 0.1) is 30.6 Å². The highest BCUT2D eigenvalue weighted by atomic mass is 35.5. The molecule has 0 radical (unpaired) electrons. The third kappa shape index (κ3) is 6.11. The number of halogens is 3. The zero-order valence-corrected chi connectivity index (χ0v) is 14.6. The van der Waals surface area contributed by atoms with Gasteiger partial charge in [-0.1, -0.05) is 11.6 Å². The molecule has 12 heteroatoms. The molecule has 0 saturated heterocycles. The number of esters is 2. The van der Waals surface area contributed by atoms with Crippen LogP contribution in [0.15, 0.2) is 23.1 Å². The van der Waals surface area contributed by atoms with Crippen molar-refractivity contribution in [1.29, 1.82) is 0 Å². The average molecular weight is 402 g/mol. The van der Waals surface area contributed by atoms with Crippen molar-refractivity contribution < 1.29 is 41.0 Å². The van der Waals surface area contributed by atoms with Crippen molar-refractivity contribution in [2.45, 2.75) is 24.0 Å². The van der Waals surface area contributed by atoms with Crippen molar-refractivity contribution in [3.8, 4) is 5.75 Å². The van der Waals surface area contributed by atoms with E-state index in [0.717, 1.165) is 32.4 Å². The van der Waals surface area contributed by atoms with Gasteiger partial charge in [-0.15, -0.1) is 0 Å². The zero-order valence-electron chi connectivity index (χ0n) is 13.0. The summed E-state index contributed by atoms with van der Waals surface area (Å²) < 4.78 is 63.8. The minimum atomic E-state index is -4.32. The monoisotopic (exact) mass is 401 g/mol. The summed E-state index contributed by atoms with van der Waals surface area (Å²) >= 11 is 5.70. The van der Waals surface area contributed by atoms with Crippen molar-refractivity contribution in [2.75, 3.05) is 14.2 Å². The van der Waals surface area contributed by atoms with Gasteiger partial charge in [0.15, 0.2) is 0 Å². The third-order valence-corrected chi connectivity index (χ3v) is 4.58. The highest BCUT2D eigenvalue weighted by Gasteiger charge is 2.29. The van der Waals surface area contributed by atoms with Crippen LogP contribution in [0.25, 0.3) is 0 Å². The molecular weight excluding hydrogens is 388 g/mol. The Morgan fingerprint density at radius 2 is 1.88 bits per heavy atom. The van der Waals surface area contributed by atoms with E-state index in [1.165, 1.54) is 0 Å². The number of alkyl halides is 2. The Bertz CT molecular complexity index is 742. The van der Waals surface area contributed by atoms with Crippen molar-refractivity contribution in [2.24, 2.45) is 0 Å². The second-order valence-corrected chi connectivity index (χ2v) is 6.57. The van der Waals surface area contributed by atoms with E-state index in [2.05, 4.69) is 14.2 Å². The maximum Gasteiger partial charge on any atom is 0.387 e. The first-order chi connectivity index (χ1) is 11.6. The fraction of sp³-hybridized carbons (Fsp3) is 0.385. The van der Waals surface area contributed by atoms with Crippen LogP contribution in [-0.4, -0.2) is 47.2 Å². The predicted molar refractivity (Wildman–Crippen MR) is 80.8 cm³/mol. The molecule has 0 unspecified atom stereocenters. The Morgan fingerprint density at radius 1 is 1.24 bits per heavy atom. The van der Waals surface area contributed by atoms with E-state index in [1.54, 1.807) is 0 Å². The molecule has 0 heterocycles. The van der Waals surface area contributed by atoms with Crippen molar-refractivity contribution >= 4 is 33.6 Å². The predicted octanol–water partition coefficient (Wildman–Crippen LogP) is 1.32. The lowest BCUT2D eigenvalue weighted by Crippen LogP contribution is -2.43. The second-order valence-electron chi connectivity index (χ2n) is 4.45. The molecular formula is C13H14ClF2NO7S. The van der Waals surface area contributed by atoms with Gasteiger partial charge in [-0.25, -0.2) is 8.42 Å². The molecule has 1 aromatic carbocycles. The highest BCUT2D eigenvalue weighted by molar-refractivity contribution is 7.89. The lowest BCUT2D eigenvalue weighted by molar-refractivity contribution is -0.149. The fourth-order valence-electron chi connectivity index (χ4n) is 1.66. The van der Waals surface area contributed by atoms with Crippen LogP contribution in [0, 0.1) is 0 Å². The molecule has 0 aliphatic rings. The molecule has 0 amide bonds. The van der Waals surface area contributed by atoms with Crippen LogP contribution < -0.4 is 9.46 Å². The minimum Gasteiger partial charge on any atom is -0.469 e. The van der Waals surface area contributed by atoms with Crippen LogP contribution in [-0.2, 0) is 29.1 Å². The van der Waals surface area contributed by atoms with Crippen molar-refractivity contribution in [3.05, 3.63) is 23.2 Å². The summed E-state index contributed by atoms with van der Waals surface area (Å²) in [6.45, 7) is -3.14. The van der Waals surface area contributed by atoms with Crippen molar-refractivity contribution in [1.82, 2.24) is 4.72 Å². The lowest BCUT2D eigenvalue weighted by atomic mass is 10.2. The molecule has 140 valence electrons. The standard InChI is InChI=1S/C13H14ClF2NO7S/c1-22-11(18)6-9(12(19)23-2)17-25(20,21)7-3-4-10(8(14)5-7)24-13(15)16/h3-5,9,13,17H,6H2,1-2H3/t9-/m1/s1. The maximum absolute atomic E-state index is 12.3. The SMILES string of the molecule is COC(=O)C[C@@H](NS(=O)(=O)c1ccc(OC(F)F)c(Cl)c1)C(=O)OC. The van der Waals surface area contributed by atoms with E-state index in [4.69, 9.17) is 11.6 Å². The summed E-state index contributed by atoms with van der Waals surface area (Å²) in [4.78, 5) is 22.5. The Hall–Kier alpha value is -1.98. The molecule has 1 atom stereocenters. The van der Waals surface area contributed by atoms with Crippen LogP contribution in [0.1, 0.15) is 6.42 Å². The van der Waals surface area contributed by atoms with Gasteiger partial charge in [0.2, 0.25) is 10.0 Å². The molecule has 1 aromatic rings. The Labute approximate surface area is 147 Å². The Kier molecular flexibility index (Phi) is 7.52. The summed E-state index contributed by atoms with van der Waals surface area (Å²) in [7, 11) is -2.25. The molecule has 1 rings (SSSR count). The van der Waals surface area contributed by atoms with Crippen LogP contribution >= 0.6 is 11.6 Å². The molecule has 0 aromatic heterocycles. The van der Waals surface area contributed by atoms with Crippen LogP contribution in [0.2, 0.25) is 5.02 Å². The molecule has 8 nitrogen and oxygen atoms in total. The minimum absolute atomic E-state index is 0.384. The van der Waals surface area contributed by atoms with Crippen LogP contribution in [0.5, 0.6) is 5.75 Å². The Morgan fingerprint density at radius 3 is 2.36 bits per heavy atom. The molecule has 25 heavy (non-hydrogen) atoms. The molecule has 0 saturated carbocycles. The second kappa shape index (κ2) is 8.92. The third-order valence-electron chi connectivity index (χ3n) is 2.81. The smallest absolute Gasteiger partial charge is 0.387 e. The van der Waals surface area contributed by atoms with Crippen LogP contribution in [0.3, 0.4) is 0 Å². The number of carbonyl (C=O) groups is 2. The average Bonchev–Trinajstić information content (AvgIpc) is 2.54. The fourth-order valence-corrected chi connectivity index (χ4v) is 3.16. The topological polar surface area (TPSA) is 108 Å². The van der Waals surface area contributed by atoms with Gasteiger partial charge < -0.3 is 14.2 Å². The normalized spacial score (nSPS) is 12.6. The first kappa shape index (κ1) is 21.1. The largest absolute Gasteiger partial charge is 0.469 e. The highest BCUT2D eigenvalue weighted by Crippen LogP contribution is 2.28. The summed E-state index contributed by atoms with van der Waals surface area (Å²) in [5, 5.41) is -0.384. The number of hydrogen-bond donors (Lipinski definition) is 1. The first-order valence-corrected chi connectivity index (χ1v) is 8.38. The van der Waals surface area contributed by atoms with E-state index in [0.29, 0.717) is 0 Å². The molecule has 0 spiro atoms. The summed E-state index contributed by atoms with van der Waals surface area (Å²) in [5.41, 5.74) is 0. The first-order valence-electron chi connectivity index (χ1n) is 6.52. The molecule has 1 N–H and O–H groups in total. The van der Waals surface area contributed by atoms with Gasteiger partial charge >= 0.3 is 18.6 Å². The molecule has 0 aliphatic carbocycles. The van der Waals surface area contributed by atoms with E-state index in [-0.39, 0.29) is 5.02 Å². The van der Waals surface area contributed by atoms with Gasteiger partial charge in [-0.05, 0) is 18.2 Å². The van der Waals surface area contributed by atoms with Gasteiger partial charge in [-0.3, -0.25) is 9.59 Å². The van der Waals surface area contributed by atoms with Gasteiger partial charge in [-0.2, -0.15) is 13.5 Å². The van der Waals surface area contributed by atoms with E-state index in [9.17, 15) is 26.8 Å². The van der Waals surface area contributed by atoms with Crippen LogP contribution in [0.4, 0.5) is 8.78 Å². The quantitative estimate of drug-likeness (QED) is 0.654. The van der Waals surface area contributed by atoms with Crippen molar-refractivity contribution in [3.63, 3.8) is 0 Å². The Balaban J connectivity index is 3.07. The molecule has 0 bridgehead atoms. The summed E-state index contributed by atoms with van der Waals surface area (Å²) in [5.74, 6) is -2.29. The molecule has 0 aliphatic heterocycles. The molecule has 0 fully saturated rings. The number of sulfonamides is 1. The number of rotatable bonds is 8. The number of hydrogen-bond acceptors (Lipinski definition) is 7. The van der Waals surface area contributed by atoms with E-state index in [1.807, 2.05) is 4.72 Å². The lowest BCUT2D eigenvalue weighted by Gasteiger charge is -2.16. The van der Waals surface area contributed by atoms with E-state index < -0.39 is 51.7 Å². The number of carbonyl (C=O) groups excluding carboxylic acids is 2. The van der Waals surface area contributed by atoms with E-state index >= 15 is 0 Å². The zero-order chi connectivity index (χ0) is 19.2. The number of methoxy groups -OCH3 is 2. The van der Waals surface area contributed by atoms with Gasteiger partial charge in [0.1, 0.15) is 11.8 Å². The number of benzene rings is 1. The van der Waals surface area contributed by atoms with Gasteiger partial charge in [0.25, 0.3) is 0 Å². The summed E-state index contributed by atoms with van der Waals surface area (Å²) in [6.07, 6.45) is -0.608. The number of ether oxygens (including phenoxy) is 3. The maximum atomic E-state index is 12.3.